The number of halogens is 1. The fourth-order valence-electron chi connectivity index (χ4n) is 11.1. The highest BCUT2D eigenvalue weighted by molar-refractivity contribution is 5.88. The quantitative estimate of drug-likeness (QED) is 0.180. The molecule has 4 aliphatic heterocycles. The highest BCUT2D eigenvalue weighted by Gasteiger charge is 2.48. The van der Waals surface area contributed by atoms with Crippen molar-refractivity contribution in [2.75, 3.05) is 26.2 Å². The smallest absolute Gasteiger partial charge is 0.331 e. The molecule has 6 aliphatic rings. The number of nitrogens with zero attached hydrogens (tertiary/aromatic N) is 2. The number of piperidine rings is 2. The van der Waals surface area contributed by atoms with Crippen molar-refractivity contribution in [1.82, 2.24) is 19.8 Å². The van der Waals surface area contributed by atoms with Gasteiger partial charge in [-0.05, 0) is 105 Å². The van der Waals surface area contributed by atoms with E-state index in [1.807, 2.05) is 6.08 Å². The number of aromatic amines is 2. The number of hydrogen-bond donors (Lipinski definition) is 4. The van der Waals surface area contributed by atoms with Gasteiger partial charge in [-0.1, -0.05) is 42.5 Å². The molecule has 6 heterocycles. The van der Waals surface area contributed by atoms with Crippen LogP contribution in [0.5, 0.6) is 0 Å². The first-order chi connectivity index (χ1) is 23.9. The number of carbonyl (C=O) groups excluding carboxylic acids is 1. The molecule has 0 amide bonds. The van der Waals surface area contributed by atoms with Crippen LogP contribution in [0.15, 0.2) is 60.2 Å². The lowest BCUT2D eigenvalue weighted by atomic mass is 9.64. The molecule has 1 saturated carbocycles. The topological polar surface area (TPSA) is 113 Å². The Morgan fingerprint density at radius 2 is 1.36 bits per heavy atom. The average Bonchev–Trinajstić information content (AvgIpc) is 3.69. The van der Waals surface area contributed by atoms with E-state index in [1.54, 1.807) is 6.92 Å². The van der Waals surface area contributed by atoms with Crippen LogP contribution in [0.25, 0.3) is 21.8 Å². The van der Waals surface area contributed by atoms with Gasteiger partial charge in [-0.3, -0.25) is 14.6 Å². The summed E-state index contributed by atoms with van der Waals surface area (Å²) < 4.78 is 0. The van der Waals surface area contributed by atoms with Crippen molar-refractivity contribution in [2.24, 2.45) is 29.6 Å². The maximum atomic E-state index is 12.2. The van der Waals surface area contributed by atoms with E-state index in [9.17, 15) is 19.8 Å². The third-order valence-corrected chi connectivity index (χ3v) is 13.4. The van der Waals surface area contributed by atoms with Crippen LogP contribution in [0, 0.1) is 29.6 Å². The number of carboxylic acid groups (broad SMARTS) is 1. The summed E-state index contributed by atoms with van der Waals surface area (Å²) in [5.74, 6) is 0.863. The zero-order valence-electron chi connectivity index (χ0n) is 28.8. The van der Waals surface area contributed by atoms with Gasteiger partial charge in [0, 0.05) is 70.9 Å². The summed E-state index contributed by atoms with van der Waals surface area (Å²) in [4.78, 5) is 36.4. The second-order valence-electron chi connectivity index (χ2n) is 15.7. The third-order valence-electron chi connectivity index (χ3n) is 13.4. The molecule has 0 unspecified atom stereocenters. The van der Waals surface area contributed by atoms with E-state index >= 15 is 0 Å². The summed E-state index contributed by atoms with van der Waals surface area (Å²) in [6.45, 7) is 5.97. The van der Waals surface area contributed by atoms with E-state index in [4.69, 9.17) is 0 Å². The summed E-state index contributed by atoms with van der Waals surface area (Å²) in [5.41, 5.74) is 8.69. The van der Waals surface area contributed by atoms with E-state index in [0.717, 1.165) is 77.5 Å². The number of aliphatic carboxylic acids is 1. The van der Waals surface area contributed by atoms with E-state index in [2.05, 4.69) is 68.3 Å². The second kappa shape index (κ2) is 13.3. The van der Waals surface area contributed by atoms with Gasteiger partial charge in [-0.25, -0.2) is 4.79 Å². The highest BCUT2D eigenvalue weighted by Crippen LogP contribution is 2.50. The van der Waals surface area contributed by atoms with Crippen LogP contribution in [0.4, 0.5) is 0 Å². The van der Waals surface area contributed by atoms with E-state index < -0.39 is 12.1 Å². The first-order valence-electron chi connectivity index (χ1n) is 18.6. The Balaban J connectivity index is 0.000000142. The number of allylic oxidation sites excluding steroid dienone is 1. The first kappa shape index (κ1) is 33.7. The zero-order valence-corrected chi connectivity index (χ0v) is 29.6. The lowest BCUT2D eigenvalue weighted by Crippen LogP contribution is -2.52. The number of carboxylic acids is 1. The first-order valence-corrected chi connectivity index (χ1v) is 18.6. The van der Waals surface area contributed by atoms with Crippen molar-refractivity contribution in [3.05, 3.63) is 82.7 Å². The van der Waals surface area contributed by atoms with Gasteiger partial charge in [0.2, 0.25) is 0 Å². The number of fused-ring (bicyclic) bond motifs is 12. The SMILES string of the molecule is CC(=O)[C@@H]1[C@H]2C[C@H]3c4[nH]c5ccccc5c4CCN3C[C@@H]2CC[C@@H]1O.Cl.O=C(O)C1=CCC[C@H]2CN3CCc4c([nH]c5ccccc45)[C@@H]3C[C@H]12. The molecule has 4 N–H and O–H groups in total. The minimum atomic E-state index is -0.717. The van der Waals surface area contributed by atoms with Gasteiger partial charge in [-0.15, -0.1) is 12.4 Å². The van der Waals surface area contributed by atoms with Crippen molar-refractivity contribution >= 4 is 46.0 Å². The fraction of sp³-hybridized carbons (Fsp3) is 0.512. The van der Waals surface area contributed by atoms with Crippen LogP contribution in [0.1, 0.15) is 80.0 Å². The number of aromatic nitrogens is 2. The van der Waals surface area contributed by atoms with Crippen LogP contribution < -0.4 is 0 Å². The molecule has 10 rings (SSSR count). The Bertz CT molecular complexity index is 1960. The highest BCUT2D eigenvalue weighted by atomic mass is 35.5. The molecule has 3 fully saturated rings. The van der Waals surface area contributed by atoms with Crippen molar-refractivity contribution in [3.63, 3.8) is 0 Å². The monoisotopic (exact) mass is 696 g/mol. The Labute approximate surface area is 299 Å². The maximum Gasteiger partial charge on any atom is 0.331 e. The van der Waals surface area contributed by atoms with Crippen LogP contribution in [-0.2, 0) is 22.4 Å². The number of aliphatic hydroxyl groups is 1. The van der Waals surface area contributed by atoms with Crippen molar-refractivity contribution < 1.29 is 19.8 Å². The van der Waals surface area contributed by atoms with Crippen molar-refractivity contribution in [1.29, 1.82) is 0 Å². The summed E-state index contributed by atoms with van der Waals surface area (Å²) in [6.07, 6.45) is 9.52. The van der Waals surface area contributed by atoms with Gasteiger partial charge in [0.1, 0.15) is 5.78 Å². The molecule has 2 aliphatic carbocycles. The van der Waals surface area contributed by atoms with Crippen molar-refractivity contribution in [3.8, 4) is 0 Å². The molecule has 4 aromatic rings. The van der Waals surface area contributed by atoms with Crippen LogP contribution in [-0.4, -0.2) is 74.0 Å². The molecule has 50 heavy (non-hydrogen) atoms. The molecule has 0 bridgehead atoms. The Kier molecular flexibility index (Phi) is 8.95. The number of para-hydroxylation sites is 2. The molecule has 264 valence electrons. The molecule has 8 nitrogen and oxygen atoms in total. The number of benzene rings is 2. The molecule has 2 aromatic heterocycles. The number of H-pyrrole nitrogens is 2. The van der Waals surface area contributed by atoms with Gasteiger partial charge in [-0.2, -0.15) is 0 Å². The number of Topliss-reactive ketones (excluding diaryl/α,β-unsaturated/α-hetero) is 1. The normalized spacial score (nSPS) is 31.7. The molecule has 0 radical (unpaired) electrons. The second-order valence-corrected chi connectivity index (χ2v) is 15.7. The Morgan fingerprint density at radius 3 is 1.96 bits per heavy atom. The standard InChI is InChI=1S/C21H26N2O2.C20H22N2O2.ClH/c1-12(24)20-16-10-18-21-15(14-4-2-3-5-17(14)22-21)8-9-23(18)11-13(16)6-7-19(20)25;23-20(24)15-6-3-4-12-11-22-9-8-14-13-5-1-2-7-17(13)21-19(14)18(22)10-16(12)15;/h2-5,13,16,18-20,22,25H,6-11H2,1H3;1-2,5-7,12,16,18,21H,3-4,8-11H2,(H,23,24);1H/t13-,16-,18-,19-,20+;12-,16-,18-;/m00./s1. The fourth-order valence-corrected chi connectivity index (χ4v) is 11.1. The number of ketones is 1. The number of carbonyl (C=O) groups is 2. The maximum absolute atomic E-state index is 12.2. The summed E-state index contributed by atoms with van der Waals surface area (Å²) in [7, 11) is 0. The molecule has 2 aromatic carbocycles. The lowest BCUT2D eigenvalue weighted by Gasteiger charge is -2.51. The Morgan fingerprint density at radius 1 is 0.780 bits per heavy atom. The minimum Gasteiger partial charge on any atom is -0.478 e. The molecule has 8 atom stereocenters. The van der Waals surface area contributed by atoms with Crippen LogP contribution in [0.3, 0.4) is 0 Å². The average molecular weight is 697 g/mol. The van der Waals surface area contributed by atoms with E-state index in [1.165, 1.54) is 44.3 Å². The van der Waals surface area contributed by atoms with Gasteiger partial charge in [0.25, 0.3) is 0 Å². The van der Waals surface area contributed by atoms with Gasteiger partial charge >= 0.3 is 5.97 Å². The zero-order chi connectivity index (χ0) is 33.4. The largest absolute Gasteiger partial charge is 0.478 e. The number of aliphatic hydroxyl groups excluding tert-OH is 1. The summed E-state index contributed by atoms with van der Waals surface area (Å²) in [5, 5.41) is 22.7. The van der Waals surface area contributed by atoms with Crippen LogP contribution in [0.2, 0.25) is 0 Å². The number of nitrogens with one attached hydrogen (secondary N) is 2. The van der Waals surface area contributed by atoms with Gasteiger partial charge in [0.05, 0.1) is 18.2 Å². The molecule has 9 heteroatoms. The molecular formula is C41H49ClN4O4. The van der Waals surface area contributed by atoms with Crippen LogP contribution >= 0.6 is 12.4 Å². The number of hydrogen-bond acceptors (Lipinski definition) is 5. The van der Waals surface area contributed by atoms with Gasteiger partial charge in [0.15, 0.2) is 0 Å². The minimum absolute atomic E-state index is 0. The summed E-state index contributed by atoms with van der Waals surface area (Å²) >= 11 is 0. The number of rotatable bonds is 2. The third kappa shape index (κ3) is 5.54. The Hall–Kier alpha value is -3.43. The van der Waals surface area contributed by atoms with Gasteiger partial charge < -0.3 is 20.2 Å². The van der Waals surface area contributed by atoms with E-state index in [0.29, 0.717) is 35.4 Å². The molecular weight excluding hydrogens is 648 g/mol. The lowest BCUT2D eigenvalue weighted by molar-refractivity contribution is -0.135. The predicted molar refractivity (Wildman–Crippen MR) is 197 cm³/mol. The predicted octanol–water partition coefficient (Wildman–Crippen LogP) is 6.99. The molecule has 2 saturated heterocycles. The van der Waals surface area contributed by atoms with Crippen molar-refractivity contribution in [2.45, 2.75) is 76.5 Å². The molecule has 0 spiro atoms. The van der Waals surface area contributed by atoms with E-state index in [-0.39, 0.29) is 30.0 Å². The summed E-state index contributed by atoms with van der Waals surface area (Å²) in [6, 6.07) is 17.8.